The van der Waals surface area contributed by atoms with E-state index in [9.17, 15) is 9.59 Å². The van der Waals surface area contributed by atoms with Crippen molar-refractivity contribution in [1.82, 2.24) is 9.97 Å². The third-order valence-corrected chi connectivity index (χ3v) is 4.68. The number of aromatic nitrogens is 2. The number of hydrogen-bond acceptors (Lipinski definition) is 6. The molecule has 0 spiro atoms. The number of carbonyl (C=O) groups is 2. The van der Waals surface area contributed by atoms with Gasteiger partial charge in [0, 0.05) is 22.5 Å². The van der Waals surface area contributed by atoms with Gasteiger partial charge in [0.25, 0.3) is 0 Å². The first kappa shape index (κ1) is 19.3. The highest BCUT2D eigenvalue weighted by Crippen LogP contribution is 2.28. The molecule has 0 saturated heterocycles. The van der Waals surface area contributed by atoms with Gasteiger partial charge in [0.05, 0.1) is 11.0 Å². The topological polar surface area (TPSA) is 84.0 Å². The van der Waals surface area contributed by atoms with E-state index in [1.54, 1.807) is 24.3 Å². The minimum absolute atomic E-state index is 0.0170. The molecule has 3 aromatic carbocycles. The number of ketones is 2. The summed E-state index contributed by atoms with van der Waals surface area (Å²) >= 11 is 0. The summed E-state index contributed by atoms with van der Waals surface area (Å²) in [5, 5.41) is 6.56. The summed E-state index contributed by atoms with van der Waals surface area (Å²) in [5.41, 5.74) is 4.40. The van der Waals surface area contributed by atoms with Crippen LogP contribution in [0, 0.1) is 0 Å². The average Bonchev–Trinajstić information content (AvgIpc) is 2.75. The van der Waals surface area contributed by atoms with Gasteiger partial charge >= 0.3 is 0 Å². The number of fused-ring (bicyclic) bond motifs is 1. The first-order valence-corrected chi connectivity index (χ1v) is 9.52. The summed E-state index contributed by atoms with van der Waals surface area (Å²) in [4.78, 5) is 32.4. The Bertz CT molecular complexity index is 1130. The molecule has 0 atom stereocenters. The maximum Gasteiger partial charge on any atom is 0.174 e. The molecule has 2 N–H and O–H groups in total. The molecule has 4 rings (SSSR count). The number of carbonyl (C=O) groups excluding carboxylic acids is 2. The number of hydrogen-bond donors (Lipinski definition) is 2. The molecule has 1 heterocycles. The van der Waals surface area contributed by atoms with E-state index >= 15 is 0 Å². The van der Waals surface area contributed by atoms with Gasteiger partial charge in [-0.15, -0.1) is 0 Å². The van der Waals surface area contributed by atoms with Crippen LogP contribution in [0.2, 0.25) is 0 Å². The third kappa shape index (κ3) is 4.17. The monoisotopic (exact) mass is 396 g/mol. The number of anilines is 4. The summed E-state index contributed by atoms with van der Waals surface area (Å²) < 4.78 is 0. The fourth-order valence-electron chi connectivity index (χ4n) is 3.02. The molecule has 0 unspecified atom stereocenters. The second kappa shape index (κ2) is 8.13. The van der Waals surface area contributed by atoms with Crippen LogP contribution >= 0.6 is 0 Å². The highest BCUT2D eigenvalue weighted by Gasteiger charge is 2.11. The quantitative estimate of drug-likeness (QED) is 0.417. The molecule has 0 fully saturated rings. The minimum Gasteiger partial charge on any atom is -0.337 e. The molecule has 0 aliphatic carbocycles. The van der Waals surface area contributed by atoms with Crippen LogP contribution in [0.25, 0.3) is 11.0 Å². The van der Waals surface area contributed by atoms with Gasteiger partial charge in [0.15, 0.2) is 23.2 Å². The van der Waals surface area contributed by atoms with E-state index in [1.165, 1.54) is 13.8 Å². The predicted octanol–water partition coefficient (Wildman–Crippen LogP) is 5.52. The molecular formula is C24H20N4O2. The van der Waals surface area contributed by atoms with E-state index in [4.69, 9.17) is 9.97 Å². The molecule has 6 nitrogen and oxygen atoms in total. The van der Waals surface area contributed by atoms with Gasteiger partial charge < -0.3 is 10.6 Å². The number of nitrogens with zero attached hydrogens (tertiary/aromatic N) is 2. The van der Waals surface area contributed by atoms with Crippen molar-refractivity contribution in [2.45, 2.75) is 13.8 Å². The van der Waals surface area contributed by atoms with Crippen LogP contribution in [0.1, 0.15) is 34.6 Å². The molecule has 1 aromatic heterocycles. The maximum atomic E-state index is 11.5. The lowest BCUT2D eigenvalue weighted by atomic mass is 10.1. The van der Waals surface area contributed by atoms with Gasteiger partial charge in [-0.1, -0.05) is 12.1 Å². The number of para-hydroxylation sites is 2. The Labute approximate surface area is 174 Å². The van der Waals surface area contributed by atoms with Crippen molar-refractivity contribution in [3.8, 4) is 0 Å². The molecule has 148 valence electrons. The number of nitrogens with one attached hydrogen (secondary N) is 2. The number of benzene rings is 3. The maximum absolute atomic E-state index is 11.5. The zero-order chi connectivity index (χ0) is 21.1. The van der Waals surface area contributed by atoms with E-state index in [1.807, 2.05) is 48.5 Å². The van der Waals surface area contributed by atoms with Crippen molar-refractivity contribution < 1.29 is 9.59 Å². The molecule has 4 aromatic rings. The Morgan fingerprint density at radius 2 is 0.967 bits per heavy atom. The lowest BCUT2D eigenvalue weighted by molar-refractivity contribution is 0.100. The summed E-state index contributed by atoms with van der Waals surface area (Å²) in [7, 11) is 0. The summed E-state index contributed by atoms with van der Waals surface area (Å²) in [6.45, 7) is 3.08. The van der Waals surface area contributed by atoms with Crippen molar-refractivity contribution in [2.75, 3.05) is 10.6 Å². The van der Waals surface area contributed by atoms with E-state index in [0.29, 0.717) is 22.8 Å². The molecule has 0 aliphatic heterocycles. The van der Waals surface area contributed by atoms with Crippen LogP contribution in [0.5, 0.6) is 0 Å². The molecule has 0 aliphatic rings. The number of Topliss-reactive ketones (excluding diaryl/α,β-unsaturated/α-hetero) is 2. The smallest absolute Gasteiger partial charge is 0.174 e. The van der Waals surface area contributed by atoms with E-state index in [2.05, 4.69) is 10.6 Å². The van der Waals surface area contributed by atoms with Crippen LogP contribution in [0.3, 0.4) is 0 Å². The third-order valence-electron chi connectivity index (χ3n) is 4.68. The van der Waals surface area contributed by atoms with Gasteiger partial charge in [0.2, 0.25) is 0 Å². The second-order valence-electron chi connectivity index (χ2n) is 6.93. The largest absolute Gasteiger partial charge is 0.337 e. The molecule has 0 amide bonds. The minimum atomic E-state index is 0.0170. The van der Waals surface area contributed by atoms with Crippen molar-refractivity contribution in [1.29, 1.82) is 0 Å². The normalized spacial score (nSPS) is 10.6. The zero-order valence-corrected chi connectivity index (χ0v) is 16.6. The molecule has 30 heavy (non-hydrogen) atoms. The highest BCUT2D eigenvalue weighted by molar-refractivity contribution is 5.95. The van der Waals surface area contributed by atoms with Crippen LogP contribution in [-0.2, 0) is 0 Å². The van der Waals surface area contributed by atoms with Crippen molar-refractivity contribution in [3.05, 3.63) is 83.9 Å². The molecule has 0 radical (unpaired) electrons. The first-order chi connectivity index (χ1) is 14.5. The molecular weight excluding hydrogens is 376 g/mol. The highest BCUT2D eigenvalue weighted by atomic mass is 16.1. The van der Waals surface area contributed by atoms with E-state index in [-0.39, 0.29) is 11.6 Å². The van der Waals surface area contributed by atoms with Crippen molar-refractivity contribution in [3.63, 3.8) is 0 Å². The zero-order valence-electron chi connectivity index (χ0n) is 16.6. The Hall–Kier alpha value is -4.06. The predicted molar refractivity (Wildman–Crippen MR) is 119 cm³/mol. The van der Waals surface area contributed by atoms with Gasteiger partial charge in [0.1, 0.15) is 0 Å². The summed E-state index contributed by atoms with van der Waals surface area (Å²) in [6, 6.07) is 22.0. The standard InChI is InChI=1S/C24H20N4O2/c1-15(29)17-7-11-19(12-8-17)25-23-24(28-22-6-4-3-5-21(22)27-23)26-20-13-9-18(10-14-20)16(2)30/h3-14H,1-2H3,(H,25,27)(H,26,28). The molecule has 0 bridgehead atoms. The summed E-state index contributed by atoms with van der Waals surface area (Å²) in [6.07, 6.45) is 0. The fourth-order valence-corrected chi connectivity index (χ4v) is 3.02. The Balaban J connectivity index is 1.69. The second-order valence-corrected chi connectivity index (χ2v) is 6.93. The molecule has 0 saturated carbocycles. The van der Waals surface area contributed by atoms with Crippen molar-refractivity contribution in [2.24, 2.45) is 0 Å². The number of rotatable bonds is 6. The average molecular weight is 396 g/mol. The summed E-state index contributed by atoms with van der Waals surface area (Å²) in [5.74, 6) is 1.15. The lowest BCUT2D eigenvalue weighted by Gasteiger charge is -2.14. The Morgan fingerprint density at radius 3 is 1.30 bits per heavy atom. The van der Waals surface area contributed by atoms with Crippen LogP contribution in [0.15, 0.2) is 72.8 Å². The van der Waals surface area contributed by atoms with Gasteiger partial charge in [-0.2, -0.15) is 0 Å². The Morgan fingerprint density at radius 1 is 0.600 bits per heavy atom. The van der Waals surface area contributed by atoms with Crippen molar-refractivity contribution >= 4 is 45.6 Å². The van der Waals surface area contributed by atoms with E-state index in [0.717, 1.165) is 22.4 Å². The van der Waals surface area contributed by atoms with Gasteiger partial charge in [-0.05, 0) is 74.5 Å². The van der Waals surface area contributed by atoms with Gasteiger partial charge in [-0.25, -0.2) is 9.97 Å². The van der Waals surface area contributed by atoms with Crippen LogP contribution in [-0.4, -0.2) is 21.5 Å². The SMILES string of the molecule is CC(=O)c1ccc(Nc2nc3ccccc3nc2Nc2ccc(C(C)=O)cc2)cc1. The van der Waals surface area contributed by atoms with Crippen LogP contribution in [0.4, 0.5) is 23.0 Å². The first-order valence-electron chi connectivity index (χ1n) is 9.52. The lowest BCUT2D eigenvalue weighted by Crippen LogP contribution is -2.04. The van der Waals surface area contributed by atoms with E-state index < -0.39 is 0 Å². The molecule has 6 heteroatoms. The fraction of sp³-hybridized carbons (Fsp3) is 0.0833. The van der Waals surface area contributed by atoms with Crippen LogP contribution < -0.4 is 10.6 Å². The van der Waals surface area contributed by atoms with Gasteiger partial charge in [-0.3, -0.25) is 9.59 Å². The Kier molecular flexibility index (Phi) is 5.22.